The zero-order valence-electron chi connectivity index (χ0n) is 7.33. The van der Waals surface area contributed by atoms with E-state index in [0.717, 1.165) is 5.75 Å². The van der Waals surface area contributed by atoms with Crippen molar-refractivity contribution < 1.29 is 9.84 Å². The zero-order valence-corrected chi connectivity index (χ0v) is 8.14. The normalized spacial score (nSPS) is 10.0. The fraction of sp³-hybridized carbons (Fsp3) is 0.429. The topological polar surface area (TPSA) is 75.2 Å². The first kappa shape index (κ1) is 9.91. The SMILES string of the molecule is CCSc1nc(O)c(OC)c(=O)[nH]1. The highest BCUT2D eigenvalue weighted by Gasteiger charge is 2.09. The Kier molecular flexibility index (Phi) is 3.18. The van der Waals surface area contributed by atoms with Crippen molar-refractivity contribution in [2.24, 2.45) is 0 Å². The Hall–Kier alpha value is -1.17. The Balaban J connectivity index is 3.13. The third-order valence-electron chi connectivity index (χ3n) is 1.32. The molecule has 0 saturated heterocycles. The number of rotatable bonds is 3. The maximum absolute atomic E-state index is 11.2. The lowest BCUT2D eigenvalue weighted by Gasteiger charge is -2.02. The van der Waals surface area contributed by atoms with E-state index in [1.54, 1.807) is 0 Å². The van der Waals surface area contributed by atoms with Crippen LogP contribution in [0.5, 0.6) is 11.6 Å². The van der Waals surface area contributed by atoms with Crippen LogP contribution in [0.1, 0.15) is 6.92 Å². The summed E-state index contributed by atoms with van der Waals surface area (Å²) in [6, 6.07) is 0. The average Bonchev–Trinajstić information content (AvgIpc) is 2.04. The number of ether oxygens (including phenoxy) is 1. The Morgan fingerprint density at radius 2 is 2.38 bits per heavy atom. The number of nitrogens with zero attached hydrogens (tertiary/aromatic N) is 1. The van der Waals surface area contributed by atoms with Crippen LogP contribution in [-0.4, -0.2) is 27.9 Å². The van der Waals surface area contributed by atoms with Crippen molar-refractivity contribution >= 4 is 11.8 Å². The molecule has 0 aromatic carbocycles. The van der Waals surface area contributed by atoms with Gasteiger partial charge in [0.15, 0.2) is 5.16 Å². The van der Waals surface area contributed by atoms with Gasteiger partial charge in [-0.2, -0.15) is 4.98 Å². The molecular weight excluding hydrogens is 192 g/mol. The van der Waals surface area contributed by atoms with Gasteiger partial charge >= 0.3 is 0 Å². The summed E-state index contributed by atoms with van der Waals surface area (Å²) in [5.74, 6) is 0.247. The number of H-pyrrole nitrogens is 1. The van der Waals surface area contributed by atoms with E-state index in [1.165, 1.54) is 18.9 Å². The van der Waals surface area contributed by atoms with E-state index in [2.05, 4.69) is 14.7 Å². The summed E-state index contributed by atoms with van der Waals surface area (Å²) in [6.45, 7) is 1.92. The fourth-order valence-corrected chi connectivity index (χ4v) is 1.41. The molecule has 1 aromatic rings. The molecule has 0 saturated carbocycles. The molecule has 0 bridgehead atoms. The lowest BCUT2D eigenvalue weighted by molar-refractivity contribution is 0.352. The van der Waals surface area contributed by atoms with Gasteiger partial charge in [-0.05, 0) is 5.75 Å². The second-order valence-electron chi connectivity index (χ2n) is 2.16. The molecule has 0 aliphatic carbocycles. The van der Waals surface area contributed by atoms with Crippen LogP contribution in [0.15, 0.2) is 9.95 Å². The van der Waals surface area contributed by atoms with E-state index in [9.17, 15) is 9.90 Å². The standard InChI is InChI=1S/C7H10N2O3S/c1-3-13-7-8-5(10)4(12-2)6(11)9-7/h3H2,1-2H3,(H2,8,9,10,11). The third kappa shape index (κ3) is 2.15. The molecule has 0 radical (unpaired) electrons. The molecule has 0 amide bonds. The highest BCUT2D eigenvalue weighted by atomic mass is 32.2. The summed E-state index contributed by atoms with van der Waals surface area (Å²) in [5, 5.41) is 9.62. The van der Waals surface area contributed by atoms with Gasteiger partial charge in [0, 0.05) is 0 Å². The van der Waals surface area contributed by atoms with Crippen LogP contribution in [0.25, 0.3) is 0 Å². The van der Waals surface area contributed by atoms with E-state index in [0.29, 0.717) is 5.16 Å². The molecule has 5 nitrogen and oxygen atoms in total. The Morgan fingerprint density at radius 3 is 2.85 bits per heavy atom. The van der Waals surface area contributed by atoms with Crippen LogP contribution >= 0.6 is 11.8 Å². The van der Waals surface area contributed by atoms with Crippen LogP contribution in [-0.2, 0) is 0 Å². The fourth-order valence-electron chi connectivity index (χ4n) is 0.819. The lowest BCUT2D eigenvalue weighted by atomic mass is 10.5. The highest BCUT2D eigenvalue weighted by molar-refractivity contribution is 7.99. The van der Waals surface area contributed by atoms with Crippen molar-refractivity contribution in [2.45, 2.75) is 12.1 Å². The summed E-state index contributed by atoms with van der Waals surface area (Å²) < 4.78 is 4.64. The van der Waals surface area contributed by atoms with E-state index >= 15 is 0 Å². The molecule has 1 aromatic heterocycles. The van der Waals surface area contributed by atoms with Gasteiger partial charge in [-0.1, -0.05) is 18.7 Å². The lowest BCUT2D eigenvalue weighted by Crippen LogP contribution is -2.11. The summed E-state index contributed by atoms with van der Waals surface area (Å²) in [5.41, 5.74) is -0.467. The van der Waals surface area contributed by atoms with Gasteiger partial charge in [-0.3, -0.25) is 9.78 Å². The largest absolute Gasteiger partial charge is 0.490 e. The van der Waals surface area contributed by atoms with Gasteiger partial charge in [0.25, 0.3) is 11.4 Å². The number of hydrogen-bond donors (Lipinski definition) is 2. The minimum Gasteiger partial charge on any atom is -0.490 e. The number of hydrogen-bond acceptors (Lipinski definition) is 5. The molecule has 0 unspecified atom stereocenters. The second kappa shape index (κ2) is 4.18. The molecule has 0 aliphatic heterocycles. The average molecular weight is 202 g/mol. The van der Waals surface area contributed by atoms with E-state index in [1.807, 2.05) is 6.92 Å². The molecule has 0 fully saturated rings. The maximum atomic E-state index is 11.2. The predicted octanol–water partition coefficient (Wildman–Crippen LogP) is 0.596. The van der Waals surface area contributed by atoms with Crippen LogP contribution in [0.3, 0.4) is 0 Å². The van der Waals surface area contributed by atoms with Gasteiger partial charge in [0.2, 0.25) is 5.75 Å². The summed E-state index contributed by atoms with van der Waals surface area (Å²) in [4.78, 5) is 17.4. The predicted molar refractivity (Wildman–Crippen MR) is 49.5 cm³/mol. The quantitative estimate of drug-likeness (QED) is 0.554. The molecule has 2 N–H and O–H groups in total. The molecule has 13 heavy (non-hydrogen) atoms. The summed E-state index contributed by atoms with van der Waals surface area (Å²) in [6.07, 6.45) is 0. The first-order valence-electron chi connectivity index (χ1n) is 3.69. The van der Waals surface area contributed by atoms with Crippen LogP contribution in [0.2, 0.25) is 0 Å². The summed E-state index contributed by atoms with van der Waals surface area (Å²) >= 11 is 1.34. The van der Waals surface area contributed by atoms with E-state index < -0.39 is 5.56 Å². The van der Waals surface area contributed by atoms with Crippen molar-refractivity contribution in [1.29, 1.82) is 0 Å². The smallest absolute Gasteiger partial charge is 0.298 e. The molecule has 6 heteroatoms. The van der Waals surface area contributed by atoms with Crippen molar-refractivity contribution in [3.05, 3.63) is 10.4 Å². The van der Waals surface area contributed by atoms with E-state index in [4.69, 9.17) is 0 Å². The van der Waals surface area contributed by atoms with Crippen molar-refractivity contribution in [3.8, 4) is 11.6 Å². The molecule has 0 aliphatic rings. The molecule has 0 atom stereocenters. The van der Waals surface area contributed by atoms with Gasteiger partial charge < -0.3 is 9.84 Å². The summed E-state index contributed by atoms with van der Waals surface area (Å²) in [7, 11) is 1.30. The van der Waals surface area contributed by atoms with Gasteiger partial charge in [-0.15, -0.1) is 0 Å². The van der Waals surface area contributed by atoms with Crippen LogP contribution in [0, 0.1) is 0 Å². The molecular formula is C7H10N2O3S. The molecule has 1 rings (SSSR count). The number of nitrogens with one attached hydrogen (secondary N) is 1. The van der Waals surface area contributed by atoms with Crippen molar-refractivity contribution in [3.63, 3.8) is 0 Å². The second-order valence-corrected chi connectivity index (χ2v) is 3.41. The third-order valence-corrected chi connectivity index (χ3v) is 2.08. The van der Waals surface area contributed by atoms with Gasteiger partial charge in [-0.25, -0.2) is 0 Å². The Labute approximate surface area is 79.2 Å². The first-order valence-corrected chi connectivity index (χ1v) is 4.67. The van der Waals surface area contributed by atoms with Crippen molar-refractivity contribution in [2.75, 3.05) is 12.9 Å². The molecule has 72 valence electrons. The van der Waals surface area contributed by atoms with Crippen LogP contribution in [0.4, 0.5) is 0 Å². The maximum Gasteiger partial charge on any atom is 0.298 e. The minimum absolute atomic E-state index is 0.152. The monoisotopic (exact) mass is 202 g/mol. The number of aromatic hydroxyl groups is 1. The Bertz CT molecular complexity index is 350. The number of aromatic amines is 1. The zero-order chi connectivity index (χ0) is 9.84. The molecule has 0 spiro atoms. The number of aromatic nitrogens is 2. The van der Waals surface area contributed by atoms with E-state index in [-0.39, 0.29) is 11.6 Å². The van der Waals surface area contributed by atoms with Crippen LogP contribution < -0.4 is 10.3 Å². The first-order chi connectivity index (χ1) is 6.19. The molecule has 1 heterocycles. The number of methoxy groups -OCH3 is 1. The minimum atomic E-state index is -0.467. The van der Waals surface area contributed by atoms with Crippen molar-refractivity contribution in [1.82, 2.24) is 9.97 Å². The Morgan fingerprint density at radius 1 is 1.69 bits per heavy atom. The highest BCUT2D eigenvalue weighted by Crippen LogP contribution is 2.20. The van der Waals surface area contributed by atoms with Gasteiger partial charge in [0.1, 0.15) is 0 Å². The van der Waals surface area contributed by atoms with Gasteiger partial charge in [0.05, 0.1) is 7.11 Å². The number of thioether (sulfide) groups is 1.